The summed E-state index contributed by atoms with van der Waals surface area (Å²) in [6, 6.07) is 9.41. The highest BCUT2D eigenvalue weighted by Gasteiger charge is 2.02. The molecule has 0 bridgehead atoms. The standard InChI is InChI=1S/C11H14O4/c12-6-7-14-9-11(13)15-8-10-4-2-1-3-5-10/h1-5,12H,6-9H2. The molecule has 0 aliphatic carbocycles. The molecule has 0 radical (unpaired) electrons. The van der Waals surface area contributed by atoms with Crippen molar-refractivity contribution in [2.75, 3.05) is 19.8 Å². The van der Waals surface area contributed by atoms with Crippen molar-refractivity contribution >= 4 is 5.97 Å². The Morgan fingerprint density at radius 2 is 2.00 bits per heavy atom. The molecule has 0 saturated carbocycles. The lowest BCUT2D eigenvalue weighted by molar-refractivity contribution is -0.150. The average Bonchev–Trinajstić information content (AvgIpc) is 2.28. The number of esters is 1. The highest BCUT2D eigenvalue weighted by atomic mass is 16.6. The van der Waals surface area contributed by atoms with E-state index in [4.69, 9.17) is 14.6 Å². The molecule has 0 aliphatic heterocycles. The van der Waals surface area contributed by atoms with Crippen LogP contribution in [-0.4, -0.2) is 30.9 Å². The first kappa shape index (κ1) is 11.7. The second-order valence-corrected chi connectivity index (χ2v) is 2.92. The van der Waals surface area contributed by atoms with Crippen LogP contribution in [-0.2, 0) is 20.9 Å². The van der Waals surface area contributed by atoms with Gasteiger partial charge in [-0.1, -0.05) is 30.3 Å². The molecule has 4 nitrogen and oxygen atoms in total. The van der Waals surface area contributed by atoms with Crippen molar-refractivity contribution in [3.8, 4) is 0 Å². The first-order valence-electron chi connectivity index (χ1n) is 4.71. The molecular weight excluding hydrogens is 196 g/mol. The predicted octanol–water partition coefficient (Wildman–Crippen LogP) is 0.739. The Kier molecular flexibility index (Phi) is 5.43. The molecule has 0 aromatic heterocycles. The molecule has 4 heteroatoms. The molecule has 82 valence electrons. The SMILES string of the molecule is O=C(COCCO)OCc1ccccc1. The fourth-order valence-electron chi connectivity index (χ4n) is 1.000. The van der Waals surface area contributed by atoms with Gasteiger partial charge in [0.25, 0.3) is 0 Å². The van der Waals surface area contributed by atoms with Crippen molar-refractivity contribution in [2.24, 2.45) is 0 Å². The van der Waals surface area contributed by atoms with Gasteiger partial charge in [0.15, 0.2) is 0 Å². The van der Waals surface area contributed by atoms with Gasteiger partial charge in [-0.15, -0.1) is 0 Å². The molecule has 0 aliphatic rings. The fraction of sp³-hybridized carbons (Fsp3) is 0.364. The number of benzene rings is 1. The Balaban J connectivity index is 2.17. The molecule has 1 aromatic carbocycles. The average molecular weight is 210 g/mol. The maximum Gasteiger partial charge on any atom is 0.332 e. The van der Waals surface area contributed by atoms with Crippen LogP contribution in [0, 0.1) is 0 Å². The number of carbonyl (C=O) groups excluding carboxylic acids is 1. The van der Waals surface area contributed by atoms with E-state index in [2.05, 4.69) is 0 Å². The van der Waals surface area contributed by atoms with Gasteiger partial charge in [-0.2, -0.15) is 0 Å². The number of rotatable bonds is 6. The van der Waals surface area contributed by atoms with Crippen LogP contribution in [0.25, 0.3) is 0 Å². The highest BCUT2D eigenvalue weighted by Crippen LogP contribution is 2.00. The van der Waals surface area contributed by atoms with Crippen molar-refractivity contribution in [3.05, 3.63) is 35.9 Å². The largest absolute Gasteiger partial charge is 0.459 e. The minimum Gasteiger partial charge on any atom is -0.459 e. The lowest BCUT2D eigenvalue weighted by Gasteiger charge is -2.04. The van der Waals surface area contributed by atoms with E-state index in [-0.39, 0.29) is 26.4 Å². The van der Waals surface area contributed by atoms with Gasteiger partial charge < -0.3 is 14.6 Å². The Hall–Kier alpha value is -1.39. The van der Waals surface area contributed by atoms with E-state index in [9.17, 15) is 4.79 Å². The van der Waals surface area contributed by atoms with E-state index in [0.29, 0.717) is 0 Å². The molecule has 15 heavy (non-hydrogen) atoms. The van der Waals surface area contributed by atoms with Crippen LogP contribution in [0.3, 0.4) is 0 Å². The van der Waals surface area contributed by atoms with Crippen molar-refractivity contribution in [1.29, 1.82) is 0 Å². The minimum absolute atomic E-state index is 0.0913. The van der Waals surface area contributed by atoms with Crippen LogP contribution < -0.4 is 0 Å². The zero-order valence-corrected chi connectivity index (χ0v) is 8.39. The van der Waals surface area contributed by atoms with Crippen LogP contribution in [0.2, 0.25) is 0 Å². The van der Waals surface area contributed by atoms with E-state index in [1.807, 2.05) is 30.3 Å². The number of aliphatic hydroxyl groups excluding tert-OH is 1. The first-order chi connectivity index (χ1) is 7.33. The summed E-state index contributed by atoms with van der Waals surface area (Å²) in [5, 5.41) is 8.41. The van der Waals surface area contributed by atoms with Crippen molar-refractivity contribution in [1.82, 2.24) is 0 Å². The second-order valence-electron chi connectivity index (χ2n) is 2.92. The molecule has 0 unspecified atom stereocenters. The smallest absolute Gasteiger partial charge is 0.332 e. The molecule has 0 heterocycles. The van der Waals surface area contributed by atoms with E-state index < -0.39 is 5.97 Å². The quantitative estimate of drug-likeness (QED) is 0.555. The Labute approximate surface area is 88.4 Å². The molecule has 0 saturated heterocycles. The van der Waals surface area contributed by atoms with Gasteiger partial charge in [0.05, 0.1) is 13.2 Å². The fourth-order valence-corrected chi connectivity index (χ4v) is 1.000. The maximum absolute atomic E-state index is 11.1. The number of hydrogen-bond acceptors (Lipinski definition) is 4. The summed E-state index contributed by atoms with van der Waals surface area (Å²) in [5.41, 5.74) is 0.938. The number of carbonyl (C=O) groups is 1. The van der Waals surface area contributed by atoms with Gasteiger partial charge in [0.2, 0.25) is 0 Å². The monoisotopic (exact) mass is 210 g/mol. The van der Waals surface area contributed by atoms with E-state index in [0.717, 1.165) is 5.56 Å². The van der Waals surface area contributed by atoms with Gasteiger partial charge in [-0.25, -0.2) is 4.79 Å². The third-order valence-electron chi connectivity index (χ3n) is 1.70. The first-order valence-corrected chi connectivity index (χ1v) is 4.71. The molecule has 1 rings (SSSR count). The molecule has 0 fully saturated rings. The number of aliphatic hydroxyl groups is 1. The lowest BCUT2D eigenvalue weighted by atomic mass is 10.2. The van der Waals surface area contributed by atoms with Gasteiger partial charge in [0, 0.05) is 0 Å². The summed E-state index contributed by atoms with van der Waals surface area (Å²) >= 11 is 0. The molecule has 1 N–H and O–H groups in total. The maximum atomic E-state index is 11.1. The third-order valence-corrected chi connectivity index (χ3v) is 1.70. The van der Waals surface area contributed by atoms with Gasteiger partial charge in [-0.05, 0) is 5.56 Å². The topological polar surface area (TPSA) is 55.8 Å². The number of hydrogen-bond donors (Lipinski definition) is 1. The van der Waals surface area contributed by atoms with Gasteiger partial charge >= 0.3 is 5.97 Å². The van der Waals surface area contributed by atoms with Crippen LogP contribution in [0.1, 0.15) is 5.56 Å². The van der Waals surface area contributed by atoms with Crippen molar-refractivity contribution in [2.45, 2.75) is 6.61 Å². The molecule has 0 atom stereocenters. The summed E-state index contributed by atoms with van der Waals surface area (Å²) in [4.78, 5) is 11.1. The lowest BCUT2D eigenvalue weighted by Crippen LogP contribution is -2.14. The summed E-state index contributed by atoms with van der Waals surface area (Å²) in [5.74, 6) is -0.424. The van der Waals surface area contributed by atoms with Gasteiger partial charge in [-0.3, -0.25) is 0 Å². The van der Waals surface area contributed by atoms with Crippen LogP contribution in [0.5, 0.6) is 0 Å². The summed E-state index contributed by atoms with van der Waals surface area (Å²) in [6.45, 7) is 0.196. The summed E-state index contributed by atoms with van der Waals surface area (Å²) in [7, 11) is 0. The van der Waals surface area contributed by atoms with E-state index in [1.54, 1.807) is 0 Å². The van der Waals surface area contributed by atoms with Gasteiger partial charge in [0.1, 0.15) is 13.2 Å². The minimum atomic E-state index is -0.424. The predicted molar refractivity (Wildman–Crippen MR) is 54.1 cm³/mol. The Morgan fingerprint density at radius 3 is 2.67 bits per heavy atom. The summed E-state index contributed by atoms with van der Waals surface area (Å²) < 4.78 is 9.74. The third kappa shape index (κ3) is 5.15. The molecule has 0 spiro atoms. The van der Waals surface area contributed by atoms with Crippen LogP contribution in [0.4, 0.5) is 0 Å². The van der Waals surface area contributed by atoms with E-state index >= 15 is 0 Å². The second kappa shape index (κ2) is 6.98. The normalized spacial score (nSPS) is 9.93. The van der Waals surface area contributed by atoms with Crippen molar-refractivity contribution < 1.29 is 19.4 Å². The Bertz CT molecular complexity index is 284. The Morgan fingerprint density at radius 1 is 1.27 bits per heavy atom. The molecule has 1 aromatic rings. The molecule has 0 amide bonds. The molecular formula is C11H14O4. The zero-order valence-electron chi connectivity index (χ0n) is 8.39. The summed E-state index contributed by atoms with van der Waals surface area (Å²) in [6.07, 6.45) is 0. The number of ether oxygens (including phenoxy) is 2. The highest BCUT2D eigenvalue weighted by molar-refractivity contribution is 5.70. The zero-order chi connectivity index (χ0) is 10.9. The van der Waals surface area contributed by atoms with Crippen LogP contribution in [0.15, 0.2) is 30.3 Å². The van der Waals surface area contributed by atoms with E-state index in [1.165, 1.54) is 0 Å². The van der Waals surface area contributed by atoms with Crippen molar-refractivity contribution in [3.63, 3.8) is 0 Å². The van der Waals surface area contributed by atoms with Crippen LogP contribution >= 0.6 is 0 Å².